The molecule has 1 amide bonds. The van der Waals surface area contributed by atoms with Crippen LogP contribution in [0.1, 0.15) is 28.3 Å². The third kappa shape index (κ3) is 3.54. The van der Waals surface area contributed by atoms with Gasteiger partial charge in [0.25, 0.3) is 0 Å². The Morgan fingerprint density at radius 3 is 2.33 bits per heavy atom. The van der Waals surface area contributed by atoms with Crippen molar-refractivity contribution in [3.05, 3.63) is 59.7 Å². The smallest absolute Gasteiger partial charge is 0.248 e. The summed E-state index contributed by atoms with van der Waals surface area (Å²) in [6.07, 6.45) is 1.08. The molecule has 0 radical (unpaired) electrons. The van der Waals surface area contributed by atoms with Crippen molar-refractivity contribution in [3.8, 4) is 0 Å². The Bertz CT molecular complexity index is 642. The lowest BCUT2D eigenvalue weighted by atomic mass is 10.1. The summed E-state index contributed by atoms with van der Waals surface area (Å²) < 4.78 is 0. The summed E-state index contributed by atoms with van der Waals surface area (Å²) in [5.74, 6) is 0.0916. The Balaban J connectivity index is 0.00000161. The molecule has 1 saturated carbocycles. The van der Waals surface area contributed by atoms with Crippen LogP contribution in [0.15, 0.2) is 48.5 Å². The number of hydrogen-bond acceptors (Lipinski definition) is 3. The van der Waals surface area contributed by atoms with E-state index < -0.39 is 5.91 Å². The first-order chi connectivity index (χ1) is 9.63. The van der Waals surface area contributed by atoms with E-state index in [1.807, 2.05) is 18.2 Å². The van der Waals surface area contributed by atoms with Crippen molar-refractivity contribution in [3.63, 3.8) is 0 Å². The van der Waals surface area contributed by atoms with Crippen molar-refractivity contribution in [2.45, 2.75) is 18.4 Å². The van der Waals surface area contributed by atoms with Gasteiger partial charge < -0.3 is 16.8 Å². The van der Waals surface area contributed by atoms with Crippen molar-refractivity contribution < 1.29 is 4.79 Å². The number of rotatable bonds is 4. The lowest BCUT2D eigenvalue weighted by Gasteiger charge is -2.08. The zero-order valence-corrected chi connectivity index (χ0v) is 12.3. The van der Waals surface area contributed by atoms with Crippen molar-refractivity contribution in [1.29, 1.82) is 0 Å². The molecule has 2 aromatic rings. The molecule has 1 aliphatic carbocycles. The van der Waals surface area contributed by atoms with Crippen LogP contribution >= 0.6 is 12.4 Å². The van der Waals surface area contributed by atoms with Crippen LogP contribution in [0.5, 0.6) is 0 Å². The van der Waals surface area contributed by atoms with Crippen LogP contribution in [0.3, 0.4) is 0 Å². The van der Waals surface area contributed by atoms with Gasteiger partial charge in [0.05, 0.1) is 0 Å². The van der Waals surface area contributed by atoms with Crippen molar-refractivity contribution in [2.24, 2.45) is 11.5 Å². The molecule has 110 valence electrons. The maximum absolute atomic E-state index is 11.1. The van der Waals surface area contributed by atoms with E-state index in [2.05, 4.69) is 17.4 Å². The molecule has 0 spiro atoms. The van der Waals surface area contributed by atoms with Crippen LogP contribution in [0.25, 0.3) is 0 Å². The molecule has 0 aliphatic heterocycles. The number of primary amides is 1. The predicted octanol–water partition coefficient (Wildman–Crippen LogP) is 2.77. The molecular weight excluding hydrogens is 286 g/mol. The second kappa shape index (κ2) is 6.16. The molecule has 1 fully saturated rings. The summed E-state index contributed by atoms with van der Waals surface area (Å²) in [5, 5.41) is 3.26. The number of hydrogen-bond donors (Lipinski definition) is 3. The van der Waals surface area contributed by atoms with E-state index in [1.165, 1.54) is 5.56 Å². The topological polar surface area (TPSA) is 81.1 Å². The highest BCUT2D eigenvalue weighted by Crippen LogP contribution is 2.39. The van der Waals surface area contributed by atoms with Crippen LogP contribution in [0, 0.1) is 0 Å². The fourth-order valence-corrected chi connectivity index (χ4v) is 2.33. The van der Waals surface area contributed by atoms with Gasteiger partial charge >= 0.3 is 0 Å². The molecule has 2 atom stereocenters. The lowest BCUT2D eigenvalue weighted by Crippen LogP contribution is -2.10. The van der Waals surface area contributed by atoms with E-state index in [0.29, 0.717) is 17.5 Å². The van der Waals surface area contributed by atoms with E-state index in [0.717, 1.165) is 17.8 Å². The van der Waals surface area contributed by atoms with Gasteiger partial charge in [-0.2, -0.15) is 0 Å². The minimum atomic E-state index is -0.424. The molecule has 0 unspecified atom stereocenters. The Labute approximate surface area is 129 Å². The molecule has 3 rings (SSSR count). The van der Waals surface area contributed by atoms with Crippen LogP contribution in [0.2, 0.25) is 0 Å². The number of halogens is 1. The molecule has 2 aromatic carbocycles. The highest BCUT2D eigenvalue weighted by atomic mass is 35.5. The summed E-state index contributed by atoms with van der Waals surface area (Å²) in [6.45, 7) is 0. The number of nitrogens with one attached hydrogen (secondary N) is 1. The van der Waals surface area contributed by atoms with Gasteiger partial charge in [0, 0.05) is 28.9 Å². The molecule has 0 saturated heterocycles. The molecule has 0 heterocycles. The fourth-order valence-electron chi connectivity index (χ4n) is 2.33. The Morgan fingerprint density at radius 2 is 1.76 bits per heavy atom. The van der Waals surface area contributed by atoms with E-state index in [9.17, 15) is 4.79 Å². The first kappa shape index (κ1) is 15.4. The number of nitrogens with two attached hydrogens (primary N) is 2. The molecule has 5 N–H and O–H groups in total. The van der Waals surface area contributed by atoms with Crippen LogP contribution < -0.4 is 16.8 Å². The molecule has 5 heteroatoms. The maximum atomic E-state index is 11.1. The van der Waals surface area contributed by atoms with Crippen LogP contribution in [-0.2, 0) is 0 Å². The number of anilines is 2. The average molecular weight is 304 g/mol. The average Bonchev–Trinajstić information content (AvgIpc) is 3.17. The van der Waals surface area contributed by atoms with E-state index >= 15 is 0 Å². The highest BCUT2D eigenvalue weighted by molar-refractivity contribution is 5.93. The summed E-state index contributed by atoms with van der Waals surface area (Å²) in [4.78, 5) is 11.1. The number of carbonyl (C=O) groups is 1. The summed E-state index contributed by atoms with van der Waals surface area (Å²) in [7, 11) is 0. The van der Waals surface area contributed by atoms with Gasteiger partial charge in [-0.3, -0.25) is 4.79 Å². The highest BCUT2D eigenvalue weighted by Gasteiger charge is 2.34. The van der Waals surface area contributed by atoms with Crippen molar-refractivity contribution in [2.75, 3.05) is 5.32 Å². The minimum Gasteiger partial charge on any atom is -0.366 e. The normalized spacial score (nSPS) is 19.5. The largest absolute Gasteiger partial charge is 0.366 e. The Morgan fingerprint density at radius 1 is 1.10 bits per heavy atom. The van der Waals surface area contributed by atoms with E-state index in [-0.39, 0.29) is 12.4 Å². The lowest BCUT2D eigenvalue weighted by molar-refractivity contribution is 0.100. The second-order valence-electron chi connectivity index (χ2n) is 5.20. The van der Waals surface area contributed by atoms with Crippen molar-refractivity contribution >= 4 is 29.7 Å². The third-order valence-electron chi connectivity index (χ3n) is 3.61. The summed E-state index contributed by atoms with van der Waals surface area (Å²) in [5.41, 5.74) is 14.7. The quantitative estimate of drug-likeness (QED) is 0.812. The number of amides is 1. The molecule has 0 bridgehead atoms. The molecule has 0 aromatic heterocycles. The van der Waals surface area contributed by atoms with Gasteiger partial charge in [0.2, 0.25) is 5.91 Å². The summed E-state index contributed by atoms with van der Waals surface area (Å²) >= 11 is 0. The fraction of sp³-hybridized carbons (Fsp3) is 0.188. The van der Waals surface area contributed by atoms with Crippen LogP contribution in [0.4, 0.5) is 11.4 Å². The SMILES string of the molecule is Cl.NC(=O)c1cccc(Nc2ccc([C@@H]3C[C@H]3N)cc2)c1. The van der Waals surface area contributed by atoms with E-state index in [1.54, 1.807) is 18.2 Å². The molecular formula is C16H18ClN3O. The number of carbonyl (C=O) groups excluding carboxylic acids is 1. The van der Waals surface area contributed by atoms with E-state index in [4.69, 9.17) is 11.5 Å². The zero-order chi connectivity index (χ0) is 14.1. The Kier molecular flexibility index (Phi) is 4.50. The van der Waals surface area contributed by atoms with Crippen molar-refractivity contribution in [1.82, 2.24) is 0 Å². The maximum Gasteiger partial charge on any atom is 0.248 e. The van der Waals surface area contributed by atoms with Gasteiger partial charge in [0.15, 0.2) is 0 Å². The van der Waals surface area contributed by atoms with Gasteiger partial charge in [-0.25, -0.2) is 0 Å². The van der Waals surface area contributed by atoms with Gasteiger partial charge in [0.1, 0.15) is 0 Å². The third-order valence-corrected chi connectivity index (χ3v) is 3.61. The second-order valence-corrected chi connectivity index (χ2v) is 5.20. The number of benzene rings is 2. The Hall–Kier alpha value is -2.04. The first-order valence-corrected chi connectivity index (χ1v) is 6.66. The van der Waals surface area contributed by atoms with Gasteiger partial charge in [-0.15, -0.1) is 12.4 Å². The minimum absolute atomic E-state index is 0. The predicted molar refractivity (Wildman–Crippen MR) is 87.3 cm³/mol. The first-order valence-electron chi connectivity index (χ1n) is 6.66. The molecule has 4 nitrogen and oxygen atoms in total. The van der Waals surface area contributed by atoms with Gasteiger partial charge in [-0.1, -0.05) is 18.2 Å². The monoisotopic (exact) mass is 303 g/mol. The molecule has 21 heavy (non-hydrogen) atoms. The molecule has 1 aliphatic rings. The van der Waals surface area contributed by atoms with Crippen LogP contribution in [-0.4, -0.2) is 11.9 Å². The standard InChI is InChI=1S/C16H17N3O.ClH/c17-15-9-14(15)10-4-6-12(7-5-10)19-13-3-1-2-11(8-13)16(18)20;/h1-8,14-15,19H,9,17H2,(H2,18,20);1H/t14-,15+;/m0./s1. The zero-order valence-electron chi connectivity index (χ0n) is 11.5. The summed E-state index contributed by atoms with van der Waals surface area (Å²) in [6, 6.07) is 15.7. The van der Waals surface area contributed by atoms with Gasteiger partial charge in [-0.05, 0) is 42.3 Å².